The second kappa shape index (κ2) is 6.35. The number of aliphatic hydroxyl groups excluding tert-OH is 1. The number of ether oxygens (including phenoxy) is 1. The Hall–Kier alpha value is -0.120. The average Bonchev–Trinajstić information content (AvgIpc) is 2.52. The molecule has 1 aliphatic rings. The molecule has 2 N–H and O–H groups in total. The second-order valence-electron chi connectivity index (χ2n) is 3.76. The predicted molar refractivity (Wildman–Crippen MR) is 52.8 cm³/mol. The lowest BCUT2D eigenvalue weighted by molar-refractivity contribution is 0.148. The van der Waals surface area contributed by atoms with Crippen LogP contribution < -0.4 is 5.32 Å². The van der Waals surface area contributed by atoms with Gasteiger partial charge in [0.15, 0.2) is 0 Å². The molecule has 1 rings (SSSR count). The minimum atomic E-state index is -0.109. The van der Waals surface area contributed by atoms with Crippen LogP contribution in [0.2, 0.25) is 0 Å². The quantitative estimate of drug-likeness (QED) is 0.607. The van der Waals surface area contributed by atoms with Crippen LogP contribution in [-0.2, 0) is 4.74 Å². The van der Waals surface area contributed by atoms with E-state index in [1.54, 1.807) is 7.11 Å². The lowest BCUT2D eigenvalue weighted by atomic mass is 10.2. The van der Waals surface area contributed by atoms with Crippen LogP contribution in [0.25, 0.3) is 0 Å². The molecular formula is C10H21NO2. The number of unbranched alkanes of at least 4 members (excludes halogenated alkanes) is 1. The Morgan fingerprint density at radius 1 is 1.38 bits per heavy atom. The zero-order valence-electron chi connectivity index (χ0n) is 8.46. The molecule has 0 radical (unpaired) electrons. The van der Waals surface area contributed by atoms with Crippen molar-refractivity contribution in [1.29, 1.82) is 0 Å². The first-order valence-electron chi connectivity index (χ1n) is 5.25. The minimum Gasteiger partial charge on any atom is -0.392 e. The molecule has 3 nitrogen and oxygen atoms in total. The summed E-state index contributed by atoms with van der Waals surface area (Å²) >= 11 is 0. The first kappa shape index (κ1) is 11.0. The molecule has 3 heteroatoms. The molecule has 0 saturated heterocycles. The summed E-state index contributed by atoms with van der Waals surface area (Å²) in [5, 5.41) is 12.9. The van der Waals surface area contributed by atoms with Crippen molar-refractivity contribution in [3.8, 4) is 0 Å². The molecule has 0 aromatic carbocycles. The van der Waals surface area contributed by atoms with Gasteiger partial charge in [0, 0.05) is 19.8 Å². The Bertz CT molecular complexity index is 130. The van der Waals surface area contributed by atoms with E-state index in [0.29, 0.717) is 6.04 Å². The van der Waals surface area contributed by atoms with Crippen LogP contribution in [0, 0.1) is 0 Å². The van der Waals surface area contributed by atoms with Crippen LogP contribution in [0.4, 0.5) is 0 Å². The van der Waals surface area contributed by atoms with Gasteiger partial charge in [-0.25, -0.2) is 0 Å². The Balaban J connectivity index is 1.93. The molecule has 0 amide bonds. The maximum absolute atomic E-state index is 9.50. The number of aliphatic hydroxyl groups is 1. The van der Waals surface area contributed by atoms with Crippen LogP contribution in [0.3, 0.4) is 0 Å². The number of rotatable bonds is 6. The third-order valence-corrected chi connectivity index (χ3v) is 2.66. The van der Waals surface area contributed by atoms with Gasteiger partial charge in [0.25, 0.3) is 0 Å². The fourth-order valence-corrected chi connectivity index (χ4v) is 1.84. The Kier molecular flexibility index (Phi) is 5.35. The van der Waals surface area contributed by atoms with Gasteiger partial charge < -0.3 is 15.2 Å². The van der Waals surface area contributed by atoms with Gasteiger partial charge in [0.2, 0.25) is 0 Å². The standard InChI is InChI=1S/C10H21NO2/c1-13-8-3-2-7-11-9-5-4-6-10(9)12/h9-12H,2-8H2,1H3/t9-,10-/m0/s1. The lowest BCUT2D eigenvalue weighted by Gasteiger charge is -2.15. The van der Waals surface area contributed by atoms with Crippen LogP contribution in [0.1, 0.15) is 32.1 Å². The van der Waals surface area contributed by atoms with E-state index in [2.05, 4.69) is 5.32 Å². The minimum absolute atomic E-state index is 0.109. The van der Waals surface area contributed by atoms with Crippen molar-refractivity contribution in [2.45, 2.75) is 44.2 Å². The van der Waals surface area contributed by atoms with Gasteiger partial charge in [-0.3, -0.25) is 0 Å². The van der Waals surface area contributed by atoms with Crippen molar-refractivity contribution in [3.63, 3.8) is 0 Å². The third kappa shape index (κ3) is 4.07. The summed E-state index contributed by atoms with van der Waals surface area (Å²) < 4.78 is 4.96. The molecule has 0 spiro atoms. The average molecular weight is 187 g/mol. The molecule has 0 unspecified atom stereocenters. The lowest BCUT2D eigenvalue weighted by Crippen LogP contribution is -2.36. The number of methoxy groups -OCH3 is 1. The number of nitrogens with one attached hydrogen (secondary N) is 1. The van der Waals surface area contributed by atoms with Crippen molar-refractivity contribution in [3.05, 3.63) is 0 Å². The summed E-state index contributed by atoms with van der Waals surface area (Å²) in [6, 6.07) is 0.350. The molecule has 1 saturated carbocycles. The molecule has 2 atom stereocenters. The maximum atomic E-state index is 9.50. The maximum Gasteiger partial charge on any atom is 0.0693 e. The van der Waals surface area contributed by atoms with E-state index < -0.39 is 0 Å². The molecule has 0 aromatic heterocycles. The van der Waals surface area contributed by atoms with Crippen molar-refractivity contribution in [2.75, 3.05) is 20.3 Å². The Labute approximate surface area is 80.5 Å². The Morgan fingerprint density at radius 3 is 2.85 bits per heavy atom. The van der Waals surface area contributed by atoms with E-state index in [9.17, 15) is 5.11 Å². The summed E-state index contributed by atoms with van der Waals surface area (Å²) in [6.07, 6.45) is 5.39. The van der Waals surface area contributed by atoms with Crippen molar-refractivity contribution in [1.82, 2.24) is 5.32 Å². The number of hydrogen-bond acceptors (Lipinski definition) is 3. The highest BCUT2D eigenvalue weighted by molar-refractivity contribution is 4.82. The van der Waals surface area contributed by atoms with E-state index in [1.165, 1.54) is 0 Å². The largest absolute Gasteiger partial charge is 0.392 e. The summed E-state index contributed by atoms with van der Waals surface area (Å²) in [5.41, 5.74) is 0. The smallest absolute Gasteiger partial charge is 0.0693 e. The van der Waals surface area contributed by atoms with Crippen LogP contribution in [0.5, 0.6) is 0 Å². The molecular weight excluding hydrogens is 166 g/mol. The van der Waals surface area contributed by atoms with Crippen LogP contribution in [0.15, 0.2) is 0 Å². The highest BCUT2D eigenvalue weighted by atomic mass is 16.5. The van der Waals surface area contributed by atoms with Gasteiger partial charge in [-0.15, -0.1) is 0 Å². The highest BCUT2D eigenvalue weighted by Crippen LogP contribution is 2.18. The van der Waals surface area contributed by atoms with Crippen molar-refractivity contribution < 1.29 is 9.84 Å². The molecule has 0 aliphatic heterocycles. The topological polar surface area (TPSA) is 41.5 Å². The first-order chi connectivity index (χ1) is 6.34. The molecule has 1 aliphatic carbocycles. The normalized spacial score (nSPS) is 28.2. The zero-order valence-corrected chi connectivity index (χ0v) is 8.46. The molecule has 0 bridgehead atoms. The summed E-state index contributed by atoms with van der Waals surface area (Å²) in [7, 11) is 1.73. The fraction of sp³-hybridized carbons (Fsp3) is 1.00. The summed E-state index contributed by atoms with van der Waals surface area (Å²) in [6.45, 7) is 1.85. The van der Waals surface area contributed by atoms with E-state index in [0.717, 1.165) is 45.3 Å². The zero-order chi connectivity index (χ0) is 9.52. The van der Waals surface area contributed by atoms with Crippen LogP contribution >= 0.6 is 0 Å². The SMILES string of the molecule is COCCCCN[C@H]1CCC[C@@H]1O. The van der Waals surface area contributed by atoms with Crippen LogP contribution in [-0.4, -0.2) is 37.5 Å². The molecule has 13 heavy (non-hydrogen) atoms. The van der Waals surface area contributed by atoms with E-state index in [4.69, 9.17) is 4.74 Å². The molecule has 0 aromatic rings. The third-order valence-electron chi connectivity index (χ3n) is 2.66. The van der Waals surface area contributed by atoms with Crippen molar-refractivity contribution in [2.24, 2.45) is 0 Å². The van der Waals surface area contributed by atoms with Gasteiger partial charge in [0.05, 0.1) is 6.10 Å². The van der Waals surface area contributed by atoms with Gasteiger partial charge >= 0.3 is 0 Å². The molecule has 0 heterocycles. The van der Waals surface area contributed by atoms with Crippen molar-refractivity contribution >= 4 is 0 Å². The summed E-state index contributed by atoms with van der Waals surface area (Å²) in [5.74, 6) is 0. The fourth-order valence-electron chi connectivity index (χ4n) is 1.84. The highest BCUT2D eigenvalue weighted by Gasteiger charge is 2.23. The van der Waals surface area contributed by atoms with E-state index in [-0.39, 0.29) is 6.10 Å². The van der Waals surface area contributed by atoms with Gasteiger partial charge in [0.1, 0.15) is 0 Å². The number of hydrogen-bond donors (Lipinski definition) is 2. The van der Waals surface area contributed by atoms with Gasteiger partial charge in [-0.2, -0.15) is 0 Å². The van der Waals surface area contributed by atoms with Gasteiger partial charge in [-0.05, 0) is 38.6 Å². The predicted octanol–water partition coefficient (Wildman–Crippen LogP) is 0.916. The Morgan fingerprint density at radius 2 is 2.23 bits per heavy atom. The summed E-state index contributed by atoms with van der Waals surface area (Å²) in [4.78, 5) is 0. The van der Waals surface area contributed by atoms with E-state index in [1.807, 2.05) is 0 Å². The molecule has 78 valence electrons. The monoisotopic (exact) mass is 187 g/mol. The second-order valence-corrected chi connectivity index (χ2v) is 3.76. The van der Waals surface area contributed by atoms with Gasteiger partial charge in [-0.1, -0.05) is 0 Å². The molecule has 1 fully saturated rings. The van der Waals surface area contributed by atoms with E-state index >= 15 is 0 Å². The first-order valence-corrected chi connectivity index (χ1v) is 5.25.